The molecule has 1 amide bonds. The maximum absolute atomic E-state index is 13.0. The SMILES string of the molecule is CCCCCCCCCCCCCCCCCC/C=C/CC/C=C/CC/C=C/C(O)C(COP(=O)([O-])OCC[N+](C)(C)C)NC(=O)CCCCCCCCCCCCCCCCCCCCCCCC. The van der Waals surface area contributed by atoms with Crippen LogP contribution in [0.2, 0.25) is 0 Å². The van der Waals surface area contributed by atoms with Gasteiger partial charge in [-0.25, -0.2) is 0 Å². The van der Waals surface area contributed by atoms with Crippen molar-refractivity contribution in [1.29, 1.82) is 0 Å². The molecular weight excluding hydrogens is 888 g/mol. The Bertz CT molecular complexity index is 1230. The third-order valence-corrected chi connectivity index (χ3v) is 14.8. The number of amides is 1. The molecule has 0 rings (SSSR count). The quantitative estimate of drug-likeness (QED) is 0.0272. The van der Waals surface area contributed by atoms with E-state index in [4.69, 9.17) is 9.05 Å². The van der Waals surface area contributed by atoms with Crippen LogP contribution in [0.25, 0.3) is 0 Å². The Labute approximate surface area is 436 Å². The van der Waals surface area contributed by atoms with Crippen molar-refractivity contribution in [2.24, 2.45) is 0 Å². The van der Waals surface area contributed by atoms with E-state index in [1.807, 2.05) is 27.2 Å². The average Bonchev–Trinajstić information content (AvgIpc) is 3.32. The van der Waals surface area contributed by atoms with Gasteiger partial charge in [0.15, 0.2) is 0 Å². The third-order valence-electron chi connectivity index (χ3n) is 13.8. The number of carbonyl (C=O) groups is 1. The lowest BCUT2D eigenvalue weighted by Gasteiger charge is -2.29. The van der Waals surface area contributed by atoms with Gasteiger partial charge in [-0.05, 0) is 44.9 Å². The van der Waals surface area contributed by atoms with E-state index in [0.29, 0.717) is 17.4 Å². The second-order valence-corrected chi connectivity index (χ2v) is 23.5. The molecule has 70 heavy (non-hydrogen) atoms. The molecule has 0 aliphatic heterocycles. The number of phosphoric ester groups is 1. The van der Waals surface area contributed by atoms with Gasteiger partial charge in [0.2, 0.25) is 5.91 Å². The second kappa shape index (κ2) is 52.6. The molecule has 0 spiro atoms. The maximum Gasteiger partial charge on any atom is 0.268 e. The van der Waals surface area contributed by atoms with Crippen LogP contribution in [0.1, 0.15) is 296 Å². The summed E-state index contributed by atoms with van der Waals surface area (Å²) in [4.78, 5) is 25.5. The fraction of sp³-hybridized carbons (Fsp3) is 0.885. The first-order valence-electron chi connectivity index (χ1n) is 30.4. The molecule has 3 unspecified atom stereocenters. The van der Waals surface area contributed by atoms with Gasteiger partial charge in [-0.3, -0.25) is 9.36 Å². The molecule has 0 fully saturated rings. The fourth-order valence-corrected chi connectivity index (χ4v) is 9.79. The summed E-state index contributed by atoms with van der Waals surface area (Å²) >= 11 is 0. The van der Waals surface area contributed by atoms with Crippen molar-refractivity contribution in [1.82, 2.24) is 5.32 Å². The van der Waals surface area contributed by atoms with E-state index in [1.165, 1.54) is 231 Å². The maximum atomic E-state index is 13.0. The highest BCUT2D eigenvalue weighted by atomic mass is 31.2. The summed E-state index contributed by atoms with van der Waals surface area (Å²) in [5, 5.41) is 13.9. The minimum absolute atomic E-state index is 0.00728. The van der Waals surface area contributed by atoms with E-state index in [9.17, 15) is 19.4 Å². The Morgan fingerprint density at radius 1 is 0.486 bits per heavy atom. The largest absolute Gasteiger partial charge is 0.756 e. The summed E-state index contributed by atoms with van der Waals surface area (Å²) in [5.41, 5.74) is 0. The van der Waals surface area contributed by atoms with Crippen LogP contribution in [0.4, 0.5) is 0 Å². The number of unbranched alkanes of at least 4 members (excludes halogenated alkanes) is 39. The summed E-state index contributed by atoms with van der Waals surface area (Å²) in [6.45, 7) is 4.67. The molecule has 0 saturated heterocycles. The number of hydrogen-bond acceptors (Lipinski definition) is 6. The number of carbonyl (C=O) groups excluding carboxylic acids is 1. The van der Waals surface area contributed by atoms with Crippen molar-refractivity contribution in [2.45, 2.75) is 309 Å². The molecule has 0 radical (unpaired) electrons. The van der Waals surface area contributed by atoms with Crippen LogP contribution in [0, 0.1) is 0 Å². The Morgan fingerprint density at radius 3 is 1.16 bits per heavy atom. The fourth-order valence-electron chi connectivity index (χ4n) is 9.07. The van der Waals surface area contributed by atoms with Gasteiger partial charge in [-0.15, -0.1) is 0 Å². The molecule has 2 N–H and O–H groups in total. The number of phosphoric acid groups is 1. The summed E-state index contributed by atoms with van der Waals surface area (Å²) in [7, 11) is 1.25. The zero-order valence-electron chi connectivity index (χ0n) is 47.2. The lowest BCUT2D eigenvalue weighted by molar-refractivity contribution is -0.870. The van der Waals surface area contributed by atoms with E-state index in [0.717, 1.165) is 44.9 Å². The van der Waals surface area contributed by atoms with Gasteiger partial charge in [0.05, 0.1) is 39.9 Å². The van der Waals surface area contributed by atoms with E-state index >= 15 is 0 Å². The molecule has 0 aliphatic rings. The van der Waals surface area contributed by atoms with Crippen LogP contribution in [-0.2, 0) is 18.4 Å². The van der Waals surface area contributed by atoms with Gasteiger partial charge < -0.3 is 28.8 Å². The Balaban J connectivity index is 4.23. The average molecular weight is 1010 g/mol. The normalized spacial score (nSPS) is 14.1. The lowest BCUT2D eigenvalue weighted by atomic mass is 10.0. The van der Waals surface area contributed by atoms with Gasteiger partial charge >= 0.3 is 0 Å². The topological polar surface area (TPSA) is 108 Å². The second-order valence-electron chi connectivity index (χ2n) is 22.0. The number of aliphatic hydroxyl groups is 1. The number of hydrogen-bond donors (Lipinski definition) is 2. The van der Waals surface area contributed by atoms with Crippen molar-refractivity contribution in [2.75, 3.05) is 40.9 Å². The monoisotopic (exact) mass is 1010 g/mol. The first kappa shape index (κ1) is 68.7. The van der Waals surface area contributed by atoms with E-state index in [-0.39, 0.29) is 12.5 Å². The summed E-state index contributed by atoms with van der Waals surface area (Å²) in [6.07, 6.45) is 68.1. The first-order valence-corrected chi connectivity index (χ1v) is 31.8. The van der Waals surface area contributed by atoms with Crippen LogP contribution in [-0.4, -0.2) is 68.5 Å². The van der Waals surface area contributed by atoms with Crippen molar-refractivity contribution < 1.29 is 32.9 Å². The molecule has 0 heterocycles. The zero-order chi connectivity index (χ0) is 51.3. The Kier molecular flexibility index (Phi) is 51.6. The smallest absolute Gasteiger partial charge is 0.268 e. The number of likely N-dealkylation sites (N-methyl/N-ethyl adjacent to an activating group) is 1. The van der Waals surface area contributed by atoms with E-state index in [1.54, 1.807) is 6.08 Å². The van der Waals surface area contributed by atoms with Gasteiger partial charge in [0.1, 0.15) is 13.2 Å². The summed E-state index contributed by atoms with van der Waals surface area (Å²) in [5.74, 6) is -0.206. The van der Waals surface area contributed by atoms with Crippen LogP contribution >= 0.6 is 7.82 Å². The first-order chi connectivity index (χ1) is 34.0. The molecular formula is C61H119N2O6P. The minimum atomic E-state index is -4.61. The highest BCUT2D eigenvalue weighted by Gasteiger charge is 2.23. The predicted octanol–water partition coefficient (Wildman–Crippen LogP) is 17.9. The number of nitrogens with one attached hydrogen (secondary N) is 1. The number of aliphatic hydroxyl groups excluding tert-OH is 1. The Morgan fingerprint density at radius 2 is 0.800 bits per heavy atom. The van der Waals surface area contributed by atoms with Gasteiger partial charge in [-0.1, -0.05) is 281 Å². The summed E-state index contributed by atoms with van der Waals surface area (Å²) in [6, 6.07) is -0.908. The molecule has 8 nitrogen and oxygen atoms in total. The van der Waals surface area contributed by atoms with Crippen molar-refractivity contribution >= 4 is 13.7 Å². The van der Waals surface area contributed by atoms with E-state index in [2.05, 4.69) is 43.5 Å². The van der Waals surface area contributed by atoms with Gasteiger partial charge in [0.25, 0.3) is 7.82 Å². The number of rotatable bonds is 56. The molecule has 3 atom stereocenters. The van der Waals surface area contributed by atoms with Crippen LogP contribution in [0.15, 0.2) is 36.5 Å². The van der Waals surface area contributed by atoms with E-state index < -0.39 is 26.6 Å². The molecule has 0 aromatic rings. The van der Waals surface area contributed by atoms with Crippen LogP contribution in [0.5, 0.6) is 0 Å². The number of allylic oxidation sites excluding steroid dienone is 5. The molecule has 0 bridgehead atoms. The Hall–Kier alpha value is -1.28. The molecule has 0 aliphatic carbocycles. The number of nitrogens with zero attached hydrogens (tertiary/aromatic N) is 1. The molecule has 414 valence electrons. The lowest BCUT2D eigenvalue weighted by Crippen LogP contribution is -2.45. The van der Waals surface area contributed by atoms with Gasteiger partial charge in [-0.2, -0.15) is 0 Å². The zero-order valence-corrected chi connectivity index (χ0v) is 48.1. The highest BCUT2D eigenvalue weighted by molar-refractivity contribution is 7.45. The molecule has 0 aromatic heterocycles. The van der Waals surface area contributed by atoms with Gasteiger partial charge in [0, 0.05) is 6.42 Å². The summed E-state index contributed by atoms with van der Waals surface area (Å²) < 4.78 is 23.4. The predicted molar refractivity (Wildman–Crippen MR) is 302 cm³/mol. The molecule has 0 aromatic carbocycles. The molecule has 0 saturated carbocycles. The van der Waals surface area contributed by atoms with Crippen molar-refractivity contribution in [3.63, 3.8) is 0 Å². The third kappa shape index (κ3) is 54.5. The highest BCUT2D eigenvalue weighted by Crippen LogP contribution is 2.38. The minimum Gasteiger partial charge on any atom is -0.756 e. The number of quaternary nitrogens is 1. The molecule has 9 heteroatoms. The van der Waals surface area contributed by atoms with Crippen molar-refractivity contribution in [3.05, 3.63) is 36.5 Å². The standard InChI is InChI=1S/C61H119N2O6P/c1-6-8-10-12-14-16-18-20-22-24-26-28-30-31-32-33-34-36-38-40-42-44-46-48-50-52-54-60(64)59(58-69-70(66,67)68-57-56-63(3,4)5)62-61(65)55-53-51-49-47-45-43-41-39-37-35-29-27-25-23-21-19-17-15-13-11-9-7-2/h36,38,44,46,52,54,59-60,64H,6-35,37,39-43,45,47-51,53,55-58H2,1-5H3,(H-,62,65,66,67)/b38-36+,46-44+,54-52+. The van der Waals surface area contributed by atoms with Crippen molar-refractivity contribution in [3.8, 4) is 0 Å². The van der Waals surface area contributed by atoms with Crippen LogP contribution in [0.3, 0.4) is 0 Å². The van der Waals surface area contributed by atoms with Crippen LogP contribution < -0.4 is 10.2 Å².